The van der Waals surface area contributed by atoms with Crippen LogP contribution >= 0.6 is 11.8 Å². The number of carbonyl (C=O) groups is 2. The normalized spacial score (nSPS) is 23.4. The molecule has 0 radical (unpaired) electrons. The summed E-state index contributed by atoms with van der Waals surface area (Å²) in [5.74, 6) is 1.98. The molecule has 1 heterocycles. The summed E-state index contributed by atoms with van der Waals surface area (Å²) in [4.78, 5) is 24.8. The number of carboxylic acids is 1. The topological polar surface area (TPSA) is 57.6 Å². The minimum Gasteiger partial charge on any atom is -0.481 e. The number of hydrogen-bond acceptors (Lipinski definition) is 3. The maximum Gasteiger partial charge on any atom is 0.303 e. The van der Waals surface area contributed by atoms with E-state index in [-0.39, 0.29) is 18.4 Å². The summed E-state index contributed by atoms with van der Waals surface area (Å²) in [5.41, 5.74) is 0. The maximum absolute atomic E-state index is 12.2. The van der Waals surface area contributed by atoms with Crippen molar-refractivity contribution in [3.63, 3.8) is 0 Å². The molecule has 1 atom stereocenters. The molecule has 0 aromatic carbocycles. The van der Waals surface area contributed by atoms with Crippen LogP contribution < -0.4 is 0 Å². The Kier molecular flexibility index (Phi) is 5.55. The molecular weight excluding hydrogens is 262 g/mol. The van der Waals surface area contributed by atoms with Crippen LogP contribution in [0.1, 0.15) is 44.9 Å². The summed E-state index contributed by atoms with van der Waals surface area (Å²) in [6.45, 7) is 0.813. The molecule has 4 nitrogen and oxygen atoms in total. The Morgan fingerprint density at radius 1 is 1.21 bits per heavy atom. The van der Waals surface area contributed by atoms with Gasteiger partial charge >= 0.3 is 5.97 Å². The number of hydrogen-bond donors (Lipinski definition) is 1. The minimum absolute atomic E-state index is 0.152. The fourth-order valence-corrected chi connectivity index (χ4v) is 3.72. The largest absolute Gasteiger partial charge is 0.481 e. The zero-order valence-electron chi connectivity index (χ0n) is 11.3. The first-order valence-electron chi connectivity index (χ1n) is 7.26. The number of carbonyl (C=O) groups excluding carboxylic acids is 1. The average Bonchev–Trinajstić information content (AvgIpc) is 3.20. The Morgan fingerprint density at radius 2 is 2.00 bits per heavy atom. The van der Waals surface area contributed by atoms with Gasteiger partial charge in [-0.25, -0.2) is 0 Å². The molecule has 1 aliphatic carbocycles. The molecule has 0 aromatic rings. The van der Waals surface area contributed by atoms with Crippen LogP contribution in [0.3, 0.4) is 0 Å². The highest BCUT2D eigenvalue weighted by Gasteiger charge is 2.27. The maximum atomic E-state index is 12.2. The van der Waals surface area contributed by atoms with E-state index in [1.807, 2.05) is 4.90 Å². The minimum atomic E-state index is -0.763. The van der Waals surface area contributed by atoms with E-state index in [0.29, 0.717) is 12.2 Å². The van der Waals surface area contributed by atoms with Crippen LogP contribution in [0.4, 0.5) is 0 Å². The van der Waals surface area contributed by atoms with Gasteiger partial charge in [0.1, 0.15) is 0 Å². The highest BCUT2D eigenvalue weighted by atomic mass is 32.2. The van der Waals surface area contributed by atoms with Gasteiger partial charge in [-0.2, -0.15) is 11.8 Å². The van der Waals surface area contributed by atoms with Gasteiger partial charge in [-0.1, -0.05) is 0 Å². The summed E-state index contributed by atoms with van der Waals surface area (Å²) in [6, 6.07) is 0.152. The van der Waals surface area contributed by atoms with Crippen LogP contribution in [0, 0.1) is 5.92 Å². The van der Waals surface area contributed by atoms with Crippen LogP contribution in [-0.2, 0) is 9.59 Å². The summed E-state index contributed by atoms with van der Waals surface area (Å²) < 4.78 is 0. The molecule has 2 fully saturated rings. The quantitative estimate of drug-likeness (QED) is 0.780. The monoisotopic (exact) mass is 285 g/mol. The van der Waals surface area contributed by atoms with Gasteiger partial charge in [0.25, 0.3) is 0 Å². The molecule has 0 bridgehead atoms. The van der Waals surface area contributed by atoms with E-state index in [1.54, 1.807) is 11.8 Å². The molecule has 1 saturated heterocycles. The molecule has 2 rings (SSSR count). The molecule has 2 aliphatic rings. The summed E-state index contributed by atoms with van der Waals surface area (Å²) >= 11 is 1.74. The lowest BCUT2D eigenvalue weighted by Gasteiger charge is -2.35. The molecule has 1 amide bonds. The molecule has 1 saturated carbocycles. The van der Waals surface area contributed by atoms with E-state index >= 15 is 0 Å². The van der Waals surface area contributed by atoms with Crippen molar-refractivity contribution in [2.45, 2.75) is 51.0 Å². The van der Waals surface area contributed by atoms with Gasteiger partial charge in [-0.3, -0.25) is 9.59 Å². The lowest BCUT2D eigenvalue weighted by Crippen LogP contribution is -2.44. The second kappa shape index (κ2) is 7.17. The molecular formula is C14H23NO3S. The summed E-state index contributed by atoms with van der Waals surface area (Å²) in [7, 11) is 0. The standard InChI is InChI=1S/C14H23NO3S/c16-13(10-19-9-11-4-5-11)15-8-2-1-3-12(15)6-7-14(17)18/h11-12H,1-10H2,(H,17,18)/t12-/m1/s1. The zero-order chi connectivity index (χ0) is 13.7. The van der Waals surface area contributed by atoms with Gasteiger partial charge in [0, 0.05) is 19.0 Å². The number of rotatable bonds is 7. The van der Waals surface area contributed by atoms with Crippen molar-refractivity contribution in [1.82, 2.24) is 4.90 Å². The second-order valence-corrected chi connectivity index (χ2v) is 6.66. The predicted octanol–water partition coefficient (Wildman–Crippen LogP) is 2.38. The Hall–Kier alpha value is -0.710. The van der Waals surface area contributed by atoms with Crippen LogP contribution in [0.2, 0.25) is 0 Å². The first-order valence-corrected chi connectivity index (χ1v) is 8.41. The van der Waals surface area contributed by atoms with Crippen LogP contribution in [0.5, 0.6) is 0 Å². The van der Waals surface area contributed by atoms with Crippen molar-refractivity contribution >= 4 is 23.6 Å². The van der Waals surface area contributed by atoms with E-state index in [0.717, 1.165) is 37.5 Å². The lowest BCUT2D eigenvalue weighted by atomic mass is 9.98. The van der Waals surface area contributed by atoms with Gasteiger partial charge in [0.05, 0.1) is 5.75 Å². The fourth-order valence-electron chi connectivity index (χ4n) is 2.60. The van der Waals surface area contributed by atoms with Crippen molar-refractivity contribution < 1.29 is 14.7 Å². The SMILES string of the molecule is O=C(O)CC[C@H]1CCCCN1C(=O)CSCC1CC1. The van der Waals surface area contributed by atoms with Gasteiger partial charge < -0.3 is 10.0 Å². The Balaban J connectivity index is 1.75. The van der Waals surface area contributed by atoms with Gasteiger partial charge in [-0.15, -0.1) is 0 Å². The number of piperidine rings is 1. The highest BCUT2D eigenvalue weighted by molar-refractivity contribution is 7.99. The van der Waals surface area contributed by atoms with E-state index < -0.39 is 5.97 Å². The van der Waals surface area contributed by atoms with Crippen LogP contribution in [0.25, 0.3) is 0 Å². The molecule has 0 unspecified atom stereocenters. The second-order valence-electron chi connectivity index (χ2n) is 5.63. The van der Waals surface area contributed by atoms with E-state index in [2.05, 4.69) is 0 Å². The number of carboxylic acid groups (broad SMARTS) is 1. The van der Waals surface area contributed by atoms with Gasteiger partial charge in [0.15, 0.2) is 0 Å². The van der Waals surface area contributed by atoms with Crippen molar-refractivity contribution in [3.8, 4) is 0 Å². The third-order valence-corrected chi connectivity index (χ3v) is 5.07. The Morgan fingerprint density at radius 3 is 2.68 bits per heavy atom. The van der Waals surface area contributed by atoms with Crippen molar-refractivity contribution in [3.05, 3.63) is 0 Å². The number of thioether (sulfide) groups is 1. The molecule has 0 spiro atoms. The predicted molar refractivity (Wildman–Crippen MR) is 76.3 cm³/mol. The number of likely N-dealkylation sites (tertiary alicyclic amines) is 1. The smallest absolute Gasteiger partial charge is 0.303 e. The van der Waals surface area contributed by atoms with E-state index in [4.69, 9.17) is 5.11 Å². The molecule has 0 aromatic heterocycles. The molecule has 1 N–H and O–H groups in total. The summed E-state index contributed by atoms with van der Waals surface area (Å²) in [6.07, 6.45) is 6.56. The van der Waals surface area contributed by atoms with Crippen molar-refractivity contribution in [1.29, 1.82) is 0 Å². The van der Waals surface area contributed by atoms with Crippen LogP contribution in [-0.4, -0.2) is 46.0 Å². The fraction of sp³-hybridized carbons (Fsp3) is 0.857. The first kappa shape index (κ1) is 14.7. The summed E-state index contributed by atoms with van der Waals surface area (Å²) in [5, 5.41) is 8.77. The van der Waals surface area contributed by atoms with E-state index in [1.165, 1.54) is 12.8 Å². The zero-order valence-corrected chi connectivity index (χ0v) is 12.2. The molecule has 5 heteroatoms. The lowest BCUT2D eigenvalue weighted by molar-refractivity contribution is -0.139. The Bertz CT molecular complexity index is 331. The highest BCUT2D eigenvalue weighted by Crippen LogP contribution is 2.32. The van der Waals surface area contributed by atoms with E-state index in [9.17, 15) is 9.59 Å². The van der Waals surface area contributed by atoms with Crippen molar-refractivity contribution in [2.75, 3.05) is 18.1 Å². The van der Waals surface area contributed by atoms with Gasteiger partial charge in [0.2, 0.25) is 5.91 Å². The van der Waals surface area contributed by atoms with Crippen LogP contribution in [0.15, 0.2) is 0 Å². The molecule has 1 aliphatic heterocycles. The average molecular weight is 285 g/mol. The number of nitrogens with zero attached hydrogens (tertiary/aromatic N) is 1. The van der Waals surface area contributed by atoms with Crippen molar-refractivity contribution in [2.24, 2.45) is 5.92 Å². The first-order chi connectivity index (χ1) is 9.16. The third-order valence-electron chi connectivity index (χ3n) is 3.91. The third kappa shape index (κ3) is 5.05. The molecule has 108 valence electrons. The Labute approximate surface area is 118 Å². The number of amides is 1. The molecule has 19 heavy (non-hydrogen) atoms. The van der Waals surface area contributed by atoms with Gasteiger partial charge in [-0.05, 0) is 50.2 Å². The number of aliphatic carboxylic acids is 1.